The van der Waals surface area contributed by atoms with Gasteiger partial charge in [0.15, 0.2) is 11.5 Å². The molecule has 34 heavy (non-hydrogen) atoms. The molecule has 1 aromatic rings. The lowest BCUT2D eigenvalue weighted by atomic mass is 10.00. The van der Waals surface area contributed by atoms with Crippen molar-refractivity contribution >= 4 is 16.7 Å². The number of aliphatic hydroxyl groups is 1. The number of thioether (sulfide) groups is 1. The van der Waals surface area contributed by atoms with Crippen molar-refractivity contribution in [3.05, 3.63) is 35.9 Å². The fraction of sp³-hybridized carbons (Fsp3) is 0.643. The molecule has 2 rings (SSSR count). The van der Waals surface area contributed by atoms with E-state index in [9.17, 15) is 10.2 Å². The summed E-state index contributed by atoms with van der Waals surface area (Å²) in [4.78, 5) is 0.757. The van der Waals surface area contributed by atoms with E-state index in [0.29, 0.717) is 24.5 Å². The van der Waals surface area contributed by atoms with E-state index < -0.39 is 6.10 Å². The van der Waals surface area contributed by atoms with Gasteiger partial charge >= 0.3 is 0 Å². The van der Waals surface area contributed by atoms with E-state index in [1.54, 1.807) is 6.08 Å². The summed E-state index contributed by atoms with van der Waals surface area (Å²) in [6, 6.07) is 0. The molecule has 3 atom stereocenters. The topological polar surface area (TPSA) is 68.2 Å². The van der Waals surface area contributed by atoms with Crippen LogP contribution in [-0.4, -0.2) is 48.5 Å². The number of hydrogen-bond acceptors (Lipinski definition) is 6. The molecule has 0 bridgehead atoms. The summed E-state index contributed by atoms with van der Waals surface area (Å²) in [7, 11) is 3.03. The van der Waals surface area contributed by atoms with Crippen molar-refractivity contribution in [2.75, 3.05) is 20.8 Å². The molecule has 1 aliphatic rings. The van der Waals surface area contributed by atoms with Gasteiger partial charge in [0.25, 0.3) is 0 Å². The number of hydrogen-bond donors (Lipinski definition) is 2. The van der Waals surface area contributed by atoms with Gasteiger partial charge in [-0.05, 0) is 45.2 Å². The predicted molar refractivity (Wildman–Crippen MR) is 154 cm³/mol. The van der Waals surface area contributed by atoms with Crippen molar-refractivity contribution in [1.29, 1.82) is 0 Å². The van der Waals surface area contributed by atoms with Crippen LogP contribution in [0.3, 0.4) is 0 Å². The molecule has 0 radical (unpaired) electrons. The normalized spacial score (nSPS) is 17.7. The lowest BCUT2D eigenvalue weighted by Gasteiger charge is -2.34. The number of ether oxygens (including phenoxy) is 3. The van der Waals surface area contributed by atoms with Gasteiger partial charge in [0.05, 0.1) is 31.7 Å². The van der Waals surface area contributed by atoms with Crippen LogP contribution in [0.4, 0.5) is 0 Å². The highest BCUT2D eigenvalue weighted by molar-refractivity contribution is 8.08. The fourth-order valence-corrected chi connectivity index (χ4v) is 4.25. The number of aromatic hydroxyl groups is 1. The average molecular weight is 503 g/mol. The van der Waals surface area contributed by atoms with Crippen LogP contribution in [0.2, 0.25) is 0 Å². The lowest BCUT2D eigenvalue weighted by molar-refractivity contribution is -0.0274. The second kappa shape index (κ2) is 23.1. The van der Waals surface area contributed by atoms with Crippen LogP contribution in [0.25, 0.3) is 4.91 Å². The molecule has 1 aliphatic heterocycles. The largest absolute Gasteiger partial charge is 0.504 e. The molecule has 1 heterocycles. The van der Waals surface area contributed by atoms with Gasteiger partial charge < -0.3 is 24.4 Å². The molecular formula is C28H54O5S. The van der Waals surface area contributed by atoms with Crippen LogP contribution < -0.4 is 9.47 Å². The minimum atomic E-state index is -0.443. The van der Waals surface area contributed by atoms with Gasteiger partial charge in [0, 0.05) is 17.1 Å². The molecule has 0 spiro atoms. The smallest absolute Gasteiger partial charge is 0.204 e. The highest BCUT2D eigenvalue weighted by Crippen LogP contribution is 2.49. The Labute approximate surface area is 215 Å². The summed E-state index contributed by atoms with van der Waals surface area (Å²) in [6.45, 7) is 27.7. The number of benzene rings is 1. The van der Waals surface area contributed by atoms with E-state index in [-0.39, 0.29) is 24.5 Å². The van der Waals surface area contributed by atoms with Crippen LogP contribution in [0, 0.1) is 13.8 Å². The van der Waals surface area contributed by atoms with Crippen LogP contribution in [0.5, 0.6) is 17.2 Å². The molecule has 6 heteroatoms. The molecule has 1 fully saturated rings. The molecule has 0 saturated carbocycles. The Morgan fingerprint density at radius 2 is 1.47 bits per heavy atom. The maximum atomic E-state index is 10.3. The van der Waals surface area contributed by atoms with Gasteiger partial charge in [-0.1, -0.05) is 61.6 Å². The zero-order chi connectivity index (χ0) is 26.7. The number of methoxy groups -OCH3 is 2. The zero-order valence-electron chi connectivity index (χ0n) is 23.2. The Balaban J connectivity index is -0.000000399. The van der Waals surface area contributed by atoms with Gasteiger partial charge in [-0.25, -0.2) is 0 Å². The van der Waals surface area contributed by atoms with E-state index in [2.05, 4.69) is 13.2 Å². The summed E-state index contributed by atoms with van der Waals surface area (Å²) in [5.74, 6) is 0.822. The van der Waals surface area contributed by atoms with Gasteiger partial charge in [-0.3, -0.25) is 0 Å². The molecule has 202 valence electrons. The van der Waals surface area contributed by atoms with Crippen LogP contribution in [0.1, 0.15) is 85.9 Å². The molecule has 5 nitrogen and oxygen atoms in total. The number of rotatable bonds is 5. The molecule has 1 saturated heterocycles. The Kier molecular flexibility index (Phi) is 26.9. The van der Waals surface area contributed by atoms with Gasteiger partial charge in [-0.2, -0.15) is 0 Å². The lowest BCUT2D eigenvalue weighted by Crippen LogP contribution is -2.40. The second-order valence-electron chi connectivity index (χ2n) is 6.39. The van der Waals surface area contributed by atoms with Gasteiger partial charge in [0.2, 0.25) is 5.75 Å². The highest BCUT2D eigenvalue weighted by atomic mass is 32.2. The third-order valence-electron chi connectivity index (χ3n) is 4.54. The Hall–Kier alpha value is -1.63. The van der Waals surface area contributed by atoms with E-state index in [1.165, 1.54) is 26.0 Å². The Bertz CT molecular complexity index is 663. The summed E-state index contributed by atoms with van der Waals surface area (Å²) in [5, 5.41) is 20.5. The number of phenols is 1. The first kappa shape index (κ1) is 39.6. The summed E-state index contributed by atoms with van der Waals surface area (Å²) < 4.78 is 16.5. The van der Waals surface area contributed by atoms with E-state index >= 15 is 0 Å². The molecule has 0 aliphatic carbocycles. The van der Waals surface area contributed by atoms with E-state index in [4.69, 9.17) is 14.2 Å². The van der Waals surface area contributed by atoms with Crippen molar-refractivity contribution in [3.63, 3.8) is 0 Å². The first-order chi connectivity index (χ1) is 15.7. The highest BCUT2D eigenvalue weighted by Gasteiger charge is 2.33. The zero-order valence-corrected chi connectivity index (χ0v) is 24.0. The van der Waals surface area contributed by atoms with E-state index in [0.717, 1.165) is 21.6 Å². The van der Waals surface area contributed by atoms with Crippen LogP contribution >= 0.6 is 11.8 Å². The van der Waals surface area contributed by atoms with Gasteiger partial charge in [0.1, 0.15) is 0 Å². The summed E-state index contributed by atoms with van der Waals surface area (Å²) >= 11 is 1.48. The Morgan fingerprint density at radius 3 is 1.85 bits per heavy atom. The molecule has 0 amide bonds. The Morgan fingerprint density at radius 1 is 1.03 bits per heavy atom. The van der Waals surface area contributed by atoms with Crippen molar-refractivity contribution in [3.8, 4) is 17.2 Å². The molecule has 0 aromatic heterocycles. The monoisotopic (exact) mass is 502 g/mol. The maximum Gasteiger partial charge on any atom is 0.204 e. The quantitative estimate of drug-likeness (QED) is 0.396. The molecule has 0 unspecified atom stereocenters. The van der Waals surface area contributed by atoms with Gasteiger partial charge in [-0.15, -0.1) is 18.3 Å². The fourth-order valence-electron chi connectivity index (χ4n) is 2.99. The maximum absolute atomic E-state index is 10.3. The SMILES string of the molecule is C.C=C(S[C@H]1[C@@H](O)CCO[C@@H]1C)c1c(C)c(C)c(O)c(OC)c1OC.C=CC.CC.CC.CC. The van der Waals surface area contributed by atoms with Crippen LogP contribution in [-0.2, 0) is 4.74 Å². The average Bonchev–Trinajstić information content (AvgIpc) is 2.84. The number of allylic oxidation sites excluding steroid dienone is 1. The standard InChI is InChI=1S/C18H26O5S.C3H6.3C2H6.CH4/c1-9-10(2)15(20)17(22-6)16(21-5)14(9)12(4)24-18-11(3)23-8-7-13(18)19;1-3-2;3*1-2;/h11,13,18-20H,4,7-8H2,1-3,5-6H3;3H,1H2,2H3;3*1-2H3;1H4/t11-,13+,18-;;;;;/m1...../s1. The minimum absolute atomic E-state index is 0. The predicted octanol–water partition coefficient (Wildman–Crippen LogP) is 8.18. The van der Waals surface area contributed by atoms with Crippen LogP contribution in [0.15, 0.2) is 19.2 Å². The third-order valence-corrected chi connectivity index (χ3v) is 6.00. The minimum Gasteiger partial charge on any atom is -0.504 e. The second-order valence-corrected chi connectivity index (χ2v) is 7.66. The first-order valence-corrected chi connectivity index (χ1v) is 12.8. The van der Waals surface area contributed by atoms with E-state index in [1.807, 2.05) is 69.2 Å². The third kappa shape index (κ3) is 11.2. The number of phenolic OH excluding ortho intramolecular Hbond substituents is 1. The summed E-state index contributed by atoms with van der Waals surface area (Å²) in [6.07, 6.45) is 1.85. The van der Waals surface area contributed by atoms with Crippen molar-refractivity contribution in [2.24, 2.45) is 0 Å². The number of aliphatic hydroxyl groups excluding tert-OH is 1. The molecule has 2 N–H and O–H groups in total. The van der Waals surface area contributed by atoms with Crippen molar-refractivity contribution in [2.45, 2.75) is 101 Å². The first-order valence-electron chi connectivity index (χ1n) is 11.9. The summed E-state index contributed by atoms with van der Waals surface area (Å²) in [5.41, 5.74) is 2.39. The van der Waals surface area contributed by atoms with Crippen molar-refractivity contribution < 1.29 is 24.4 Å². The molecule has 1 aromatic carbocycles. The molecular weight excluding hydrogens is 448 g/mol. The van der Waals surface area contributed by atoms with Crippen molar-refractivity contribution in [1.82, 2.24) is 0 Å².